The number of nitrogens with one attached hydrogen (secondary N) is 1. The predicted molar refractivity (Wildman–Crippen MR) is 79.4 cm³/mol. The number of hydrogen-bond acceptors (Lipinski definition) is 4. The van der Waals surface area contributed by atoms with E-state index in [4.69, 9.17) is 0 Å². The van der Waals surface area contributed by atoms with E-state index >= 15 is 0 Å². The Morgan fingerprint density at radius 1 is 1.26 bits per heavy atom. The molecule has 2 aliphatic heterocycles. The van der Waals surface area contributed by atoms with Crippen molar-refractivity contribution in [2.24, 2.45) is 0 Å². The monoisotopic (exact) mass is 269 g/mol. The molecule has 3 atom stereocenters. The molecule has 0 aromatic carbocycles. The van der Waals surface area contributed by atoms with Crippen LogP contribution in [0.1, 0.15) is 39.5 Å². The first-order valence-corrected chi connectivity index (χ1v) is 8.10. The molecule has 3 unspecified atom stereocenters. The van der Waals surface area contributed by atoms with Crippen molar-refractivity contribution in [3.63, 3.8) is 0 Å². The van der Waals surface area contributed by atoms with E-state index in [-0.39, 0.29) is 6.10 Å². The summed E-state index contributed by atoms with van der Waals surface area (Å²) in [6.07, 6.45) is 5.04. The average Bonchev–Trinajstić information content (AvgIpc) is 2.89. The van der Waals surface area contributed by atoms with Crippen molar-refractivity contribution in [3.8, 4) is 0 Å². The molecular weight excluding hydrogens is 238 g/mol. The van der Waals surface area contributed by atoms with Crippen LogP contribution in [-0.2, 0) is 0 Å². The third kappa shape index (κ3) is 4.42. The molecule has 19 heavy (non-hydrogen) atoms. The van der Waals surface area contributed by atoms with Crippen LogP contribution in [0.2, 0.25) is 0 Å². The molecule has 4 heteroatoms. The van der Waals surface area contributed by atoms with E-state index in [9.17, 15) is 5.11 Å². The fourth-order valence-electron chi connectivity index (χ4n) is 3.56. The van der Waals surface area contributed by atoms with E-state index < -0.39 is 0 Å². The topological polar surface area (TPSA) is 38.7 Å². The highest BCUT2D eigenvalue weighted by molar-refractivity contribution is 4.89. The molecule has 0 aromatic rings. The van der Waals surface area contributed by atoms with E-state index in [0.717, 1.165) is 32.2 Å². The van der Waals surface area contributed by atoms with Crippen LogP contribution < -0.4 is 5.32 Å². The van der Waals surface area contributed by atoms with E-state index in [1.807, 2.05) is 0 Å². The summed E-state index contributed by atoms with van der Waals surface area (Å²) >= 11 is 0. The van der Waals surface area contributed by atoms with Crippen LogP contribution in [0, 0.1) is 0 Å². The van der Waals surface area contributed by atoms with Crippen LogP contribution in [0.4, 0.5) is 0 Å². The van der Waals surface area contributed by atoms with Crippen LogP contribution in [0.3, 0.4) is 0 Å². The first-order valence-electron chi connectivity index (χ1n) is 8.10. The van der Waals surface area contributed by atoms with Crippen molar-refractivity contribution in [3.05, 3.63) is 0 Å². The number of piperidine rings is 1. The van der Waals surface area contributed by atoms with E-state index in [1.165, 1.54) is 38.8 Å². The minimum absolute atomic E-state index is 0.235. The highest BCUT2D eigenvalue weighted by Crippen LogP contribution is 2.26. The third-order valence-corrected chi connectivity index (χ3v) is 4.83. The molecule has 2 rings (SSSR count). The Hall–Kier alpha value is -0.160. The largest absolute Gasteiger partial charge is 0.390 e. The van der Waals surface area contributed by atoms with Gasteiger partial charge < -0.3 is 20.2 Å². The number of aliphatic hydroxyl groups excluding tert-OH is 1. The Balaban J connectivity index is 1.65. The molecule has 2 N–H and O–H groups in total. The Kier molecular flexibility index (Phi) is 6.07. The highest BCUT2D eigenvalue weighted by atomic mass is 16.3. The zero-order chi connectivity index (χ0) is 13.7. The zero-order valence-corrected chi connectivity index (χ0v) is 12.6. The summed E-state index contributed by atoms with van der Waals surface area (Å²) in [5.41, 5.74) is 0. The van der Waals surface area contributed by atoms with Gasteiger partial charge in [0.05, 0.1) is 6.10 Å². The molecule has 0 amide bonds. The molecule has 2 aliphatic rings. The number of aliphatic hydroxyl groups is 1. The fraction of sp³-hybridized carbons (Fsp3) is 1.00. The van der Waals surface area contributed by atoms with Crippen LogP contribution in [-0.4, -0.2) is 72.4 Å². The molecule has 2 heterocycles. The first kappa shape index (κ1) is 15.2. The summed E-state index contributed by atoms with van der Waals surface area (Å²) in [7, 11) is 0. The zero-order valence-electron chi connectivity index (χ0n) is 12.6. The van der Waals surface area contributed by atoms with E-state index in [2.05, 4.69) is 29.0 Å². The minimum Gasteiger partial charge on any atom is -0.390 e. The number of hydrogen-bond donors (Lipinski definition) is 2. The lowest BCUT2D eigenvalue weighted by molar-refractivity contribution is 0.104. The quantitative estimate of drug-likeness (QED) is 0.720. The Labute approximate surface area is 118 Å². The lowest BCUT2D eigenvalue weighted by Crippen LogP contribution is -2.48. The van der Waals surface area contributed by atoms with Crippen LogP contribution in [0.15, 0.2) is 0 Å². The van der Waals surface area contributed by atoms with Crippen molar-refractivity contribution in [2.75, 3.05) is 39.3 Å². The molecule has 0 spiro atoms. The van der Waals surface area contributed by atoms with Crippen molar-refractivity contribution in [1.29, 1.82) is 0 Å². The SMILES string of the molecule is CCN(CC)CC(O)CNC1CCN2CCCC2C1. The minimum atomic E-state index is -0.235. The molecular formula is C15H31N3O. The second-order valence-corrected chi connectivity index (χ2v) is 6.10. The summed E-state index contributed by atoms with van der Waals surface area (Å²) in [4.78, 5) is 4.93. The molecule has 0 saturated carbocycles. The van der Waals surface area contributed by atoms with Gasteiger partial charge in [0.25, 0.3) is 0 Å². The van der Waals surface area contributed by atoms with Gasteiger partial charge in [-0.3, -0.25) is 0 Å². The van der Waals surface area contributed by atoms with Crippen molar-refractivity contribution < 1.29 is 5.11 Å². The smallest absolute Gasteiger partial charge is 0.0791 e. The van der Waals surface area contributed by atoms with Crippen LogP contribution in [0.5, 0.6) is 0 Å². The summed E-state index contributed by atoms with van der Waals surface area (Å²) in [5.74, 6) is 0. The Bertz CT molecular complexity index is 258. The summed E-state index contributed by atoms with van der Waals surface area (Å²) < 4.78 is 0. The Morgan fingerprint density at radius 3 is 2.79 bits per heavy atom. The van der Waals surface area contributed by atoms with Gasteiger partial charge >= 0.3 is 0 Å². The van der Waals surface area contributed by atoms with Gasteiger partial charge in [-0.25, -0.2) is 0 Å². The van der Waals surface area contributed by atoms with Gasteiger partial charge in [-0.05, 0) is 51.9 Å². The second-order valence-electron chi connectivity index (χ2n) is 6.10. The van der Waals surface area contributed by atoms with Crippen molar-refractivity contribution in [2.45, 2.75) is 57.7 Å². The van der Waals surface area contributed by atoms with Gasteiger partial charge in [0.2, 0.25) is 0 Å². The third-order valence-electron chi connectivity index (χ3n) is 4.83. The van der Waals surface area contributed by atoms with Gasteiger partial charge in [0.15, 0.2) is 0 Å². The summed E-state index contributed by atoms with van der Waals surface area (Å²) in [6, 6.07) is 1.43. The van der Waals surface area contributed by atoms with Gasteiger partial charge in [0, 0.05) is 25.2 Å². The molecule has 0 radical (unpaired) electrons. The van der Waals surface area contributed by atoms with Gasteiger partial charge in [-0.15, -0.1) is 0 Å². The summed E-state index contributed by atoms with van der Waals surface area (Å²) in [6.45, 7) is 10.4. The molecule has 0 bridgehead atoms. The van der Waals surface area contributed by atoms with Gasteiger partial charge in [-0.2, -0.15) is 0 Å². The van der Waals surface area contributed by atoms with Crippen molar-refractivity contribution >= 4 is 0 Å². The molecule has 0 aliphatic carbocycles. The second kappa shape index (κ2) is 7.58. The number of nitrogens with zero attached hydrogens (tertiary/aromatic N) is 2. The number of likely N-dealkylation sites (N-methyl/N-ethyl adjacent to an activating group) is 1. The van der Waals surface area contributed by atoms with E-state index in [0.29, 0.717) is 6.04 Å². The number of rotatable bonds is 7. The molecule has 0 aromatic heterocycles. The maximum Gasteiger partial charge on any atom is 0.0791 e. The van der Waals surface area contributed by atoms with Gasteiger partial charge in [0.1, 0.15) is 0 Å². The lowest BCUT2D eigenvalue weighted by atomic mass is 9.97. The lowest BCUT2D eigenvalue weighted by Gasteiger charge is -2.35. The predicted octanol–water partition coefficient (Wildman–Crippen LogP) is 0.906. The Morgan fingerprint density at radius 2 is 2.05 bits per heavy atom. The molecule has 2 saturated heterocycles. The number of fused-ring (bicyclic) bond motifs is 1. The molecule has 2 fully saturated rings. The van der Waals surface area contributed by atoms with Crippen LogP contribution >= 0.6 is 0 Å². The van der Waals surface area contributed by atoms with Gasteiger partial charge in [-0.1, -0.05) is 13.8 Å². The first-order chi connectivity index (χ1) is 9.22. The maximum absolute atomic E-state index is 10.1. The average molecular weight is 269 g/mol. The fourth-order valence-corrected chi connectivity index (χ4v) is 3.56. The normalized spacial score (nSPS) is 29.7. The van der Waals surface area contributed by atoms with Crippen molar-refractivity contribution in [1.82, 2.24) is 15.1 Å². The van der Waals surface area contributed by atoms with Crippen LogP contribution in [0.25, 0.3) is 0 Å². The molecule has 4 nitrogen and oxygen atoms in total. The highest BCUT2D eigenvalue weighted by Gasteiger charge is 2.31. The maximum atomic E-state index is 10.1. The van der Waals surface area contributed by atoms with E-state index in [1.54, 1.807) is 0 Å². The standard InChI is InChI=1S/C15H31N3O/c1-3-17(4-2)12-15(19)11-16-13-7-9-18-8-5-6-14(18)10-13/h13-16,19H,3-12H2,1-2H3. The molecule has 112 valence electrons. The summed E-state index contributed by atoms with van der Waals surface area (Å²) in [5, 5.41) is 13.7.